The van der Waals surface area contributed by atoms with E-state index in [9.17, 15) is 9.59 Å². The normalized spacial score (nSPS) is 19.8. The highest BCUT2D eigenvalue weighted by Gasteiger charge is 2.32. The average molecular weight is 369 g/mol. The van der Waals surface area contributed by atoms with Gasteiger partial charge in [-0.2, -0.15) is 5.10 Å². The number of amides is 2. The molecule has 0 bridgehead atoms. The maximum absolute atomic E-state index is 12.8. The molecule has 1 aliphatic rings. The molecule has 2 atom stereocenters. The molecule has 2 aromatic rings. The van der Waals surface area contributed by atoms with Crippen molar-refractivity contribution in [1.82, 2.24) is 25.7 Å². The van der Waals surface area contributed by atoms with Crippen molar-refractivity contribution in [3.05, 3.63) is 41.6 Å². The number of benzene rings is 1. The number of H-pyrrole nitrogens is 1. The first-order chi connectivity index (χ1) is 13.0. The first-order valence-corrected chi connectivity index (χ1v) is 9.32. The highest BCUT2D eigenvalue weighted by atomic mass is 16.2. The van der Waals surface area contributed by atoms with Crippen molar-refractivity contribution in [2.24, 2.45) is 0 Å². The number of carbonyl (C=O) groups is 2. The van der Waals surface area contributed by atoms with E-state index in [-0.39, 0.29) is 23.9 Å². The fraction of sp³-hybridized carbons (Fsp3) is 0.450. The van der Waals surface area contributed by atoms with Gasteiger partial charge < -0.3 is 10.6 Å². The van der Waals surface area contributed by atoms with E-state index in [1.54, 1.807) is 7.05 Å². The first-order valence-electron chi connectivity index (χ1n) is 9.32. The van der Waals surface area contributed by atoms with Crippen LogP contribution in [0.2, 0.25) is 0 Å². The molecule has 2 heterocycles. The van der Waals surface area contributed by atoms with Crippen LogP contribution in [0.15, 0.2) is 30.3 Å². The fourth-order valence-electron chi connectivity index (χ4n) is 3.71. The SMILES string of the molecule is CNC(=O)C[C@H]1CC[C@@H](CNC(=O)c2c(-c3ccccc3)n[nH]c2C)N1C. The number of aromatic amines is 1. The van der Waals surface area contributed by atoms with Crippen LogP contribution in [0.25, 0.3) is 11.3 Å². The van der Waals surface area contributed by atoms with Crippen LogP contribution in [0.1, 0.15) is 35.3 Å². The summed E-state index contributed by atoms with van der Waals surface area (Å²) in [5.41, 5.74) is 2.92. The average Bonchev–Trinajstić information content (AvgIpc) is 3.23. The minimum absolute atomic E-state index is 0.0538. The van der Waals surface area contributed by atoms with E-state index in [0.717, 1.165) is 24.1 Å². The highest BCUT2D eigenvalue weighted by molar-refractivity contribution is 6.01. The Balaban J connectivity index is 1.64. The van der Waals surface area contributed by atoms with Crippen LogP contribution in [0.3, 0.4) is 0 Å². The van der Waals surface area contributed by atoms with E-state index < -0.39 is 0 Å². The van der Waals surface area contributed by atoms with E-state index in [0.29, 0.717) is 24.2 Å². The number of likely N-dealkylation sites (tertiary alicyclic amines) is 1. The highest BCUT2D eigenvalue weighted by Crippen LogP contribution is 2.25. The molecule has 0 unspecified atom stereocenters. The van der Waals surface area contributed by atoms with Gasteiger partial charge in [-0.15, -0.1) is 0 Å². The lowest BCUT2D eigenvalue weighted by molar-refractivity contribution is -0.121. The molecule has 3 rings (SSSR count). The Morgan fingerprint density at radius 2 is 1.93 bits per heavy atom. The molecular formula is C20H27N5O2. The predicted molar refractivity (Wildman–Crippen MR) is 104 cm³/mol. The van der Waals surface area contributed by atoms with E-state index in [2.05, 4.69) is 25.7 Å². The molecule has 0 aliphatic carbocycles. The number of rotatable bonds is 6. The topological polar surface area (TPSA) is 90.1 Å². The zero-order chi connectivity index (χ0) is 19.4. The molecule has 1 aliphatic heterocycles. The van der Waals surface area contributed by atoms with Crippen LogP contribution in [0, 0.1) is 6.92 Å². The number of hydrogen-bond acceptors (Lipinski definition) is 4. The van der Waals surface area contributed by atoms with E-state index in [4.69, 9.17) is 0 Å². The van der Waals surface area contributed by atoms with Crippen molar-refractivity contribution in [2.75, 3.05) is 20.6 Å². The van der Waals surface area contributed by atoms with Crippen LogP contribution in [0.5, 0.6) is 0 Å². The fourth-order valence-corrected chi connectivity index (χ4v) is 3.71. The Labute approximate surface area is 159 Å². The molecule has 0 spiro atoms. The summed E-state index contributed by atoms with van der Waals surface area (Å²) in [6.07, 6.45) is 2.43. The van der Waals surface area contributed by atoms with Crippen molar-refractivity contribution in [3.8, 4) is 11.3 Å². The molecule has 27 heavy (non-hydrogen) atoms. The van der Waals surface area contributed by atoms with Gasteiger partial charge in [-0.1, -0.05) is 30.3 Å². The third kappa shape index (κ3) is 4.19. The summed E-state index contributed by atoms with van der Waals surface area (Å²) in [5.74, 6) is -0.0682. The summed E-state index contributed by atoms with van der Waals surface area (Å²) in [5, 5.41) is 13.0. The van der Waals surface area contributed by atoms with Crippen LogP contribution in [-0.4, -0.2) is 59.6 Å². The molecule has 1 aromatic heterocycles. The van der Waals surface area contributed by atoms with Crippen molar-refractivity contribution in [2.45, 2.75) is 38.3 Å². The molecule has 1 saturated heterocycles. The Morgan fingerprint density at radius 3 is 2.63 bits per heavy atom. The molecule has 3 N–H and O–H groups in total. The van der Waals surface area contributed by atoms with Gasteiger partial charge in [0.05, 0.1) is 5.56 Å². The van der Waals surface area contributed by atoms with Crippen LogP contribution in [-0.2, 0) is 4.79 Å². The monoisotopic (exact) mass is 369 g/mol. The van der Waals surface area contributed by atoms with Crippen LogP contribution < -0.4 is 10.6 Å². The number of carbonyl (C=O) groups excluding carboxylic acids is 2. The van der Waals surface area contributed by atoms with Crippen molar-refractivity contribution in [1.29, 1.82) is 0 Å². The van der Waals surface area contributed by atoms with Gasteiger partial charge in [-0.05, 0) is 26.8 Å². The molecule has 1 aromatic carbocycles. The summed E-state index contributed by atoms with van der Waals surface area (Å²) >= 11 is 0. The zero-order valence-electron chi connectivity index (χ0n) is 16.1. The summed E-state index contributed by atoms with van der Waals surface area (Å²) in [4.78, 5) is 26.7. The standard InChI is InChI=1S/C20H27N5O2/c1-13-18(19(24-23-13)14-7-5-4-6-8-14)20(27)22-12-16-10-9-15(25(16)3)11-17(26)21-2/h4-8,15-16H,9-12H2,1-3H3,(H,21,26)(H,22,27)(H,23,24)/t15-,16+/m1/s1. The lowest BCUT2D eigenvalue weighted by atomic mass is 10.1. The largest absolute Gasteiger partial charge is 0.359 e. The number of nitrogens with one attached hydrogen (secondary N) is 3. The van der Waals surface area contributed by atoms with E-state index >= 15 is 0 Å². The molecule has 1 fully saturated rings. The van der Waals surface area contributed by atoms with Crippen molar-refractivity contribution in [3.63, 3.8) is 0 Å². The van der Waals surface area contributed by atoms with Crippen LogP contribution in [0.4, 0.5) is 0 Å². The Kier molecular flexibility index (Phi) is 5.91. The van der Waals surface area contributed by atoms with Crippen LogP contribution >= 0.6 is 0 Å². The zero-order valence-corrected chi connectivity index (χ0v) is 16.1. The summed E-state index contributed by atoms with van der Waals surface area (Å²) in [6, 6.07) is 10.1. The molecule has 144 valence electrons. The minimum atomic E-state index is -0.122. The predicted octanol–water partition coefficient (Wildman–Crippen LogP) is 1.71. The van der Waals surface area contributed by atoms with Gasteiger partial charge >= 0.3 is 0 Å². The number of likely N-dealkylation sites (N-methyl/N-ethyl adjacent to an activating group) is 1. The van der Waals surface area contributed by atoms with Crippen molar-refractivity contribution >= 4 is 11.8 Å². The Bertz CT molecular complexity index is 802. The van der Waals surface area contributed by atoms with Crippen molar-refractivity contribution < 1.29 is 9.59 Å². The number of hydrogen-bond donors (Lipinski definition) is 3. The maximum atomic E-state index is 12.8. The Morgan fingerprint density at radius 1 is 1.22 bits per heavy atom. The summed E-state index contributed by atoms with van der Waals surface area (Å²) in [6.45, 7) is 2.41. The molecule has 0 radical (unpaired) electrons. The first kappa shape index (κ1) is 19.1. The second-order valence-corrected chi connectivity index (χ2v) is 7.08. The summed E-state index contributed by atoms with van der Waals surface area (Å²) < 4.78 is 0. The van der Waals surface area contributed by atoms with Gasteiger partial charge in [-0.25, -0.2) is 0 Å². The lowest BCUT2D eigenvalue weighted by Gasteiger charge is -2.25. The minimum Gasteiger partial charge on any atom is -0.359 e. The molecule has 7 heteroatoms. The quantitative estimate of drug-likeness (QED) is 0.723. The van der Waals surface area contributed by atoms with Gasteiger partial charge in [-0.3, -0.25) is 19.6 Å². The maximum Gasteiger partial charge on any atom is 0.255 e. The third-order valence-corrected chi connectivity index (χ3v) is 5.40. The van der Waals surface area contributed by atoms with Gasteiger partial charge in [0.2, 0.25) is 5.91 Å². The van der Waals surface area contributed by atoms with Gasteiger partial charge in [0.15, 0.2) is 0 Å². The number of aryl methyl sites for hydroxylation is 1. The lowest BCUT2D eigenvalue weighted by Crippen LogP contribution is -2.42. The van der Waals surface area contributed by atoms with E-state index in [1.807, 2.05) is 44.3 Å². The smallest absolute Gasteiger partial charge is 0.255 e. The third-order valence-electron chi connectivity index (χ3n) is 5.40. The van der Waals surface area contributed by atoms with Gasteiger partial charge in [0.1, 0.15) is 5.69 Å². The second-order valence-electron chi connectivity index (χ2n) is 7.08. The second kappa shape index (κ2) is 8.35. The summed E-state index contributed by atoms with van der Waals surface area (Å²) in [7, 11) is 3.68. The number of aromatic nitrogens is 2. The molecule has 7 nitrogen and oxygen atoms in total. The van der Waals surface area contributed by atoms with Gasteiger partial charge in [0.25, 0.3) is 5.91 Å². The van der Waals surface area contributed by atoms with Gasteiger partial charge in [0, 0.05) is 43.4 Å². The Hall–Kier alpha value is -2.67. The molecular weight excluding hydrogens is 342 g/mol. The number of nitrogens with zero attached hydrogens (tertiary/aromatic N) is 2. The van der Waals surface area contributed by atoms with E-state index in [1.165, 1.54) is 0 Å². The molecule has 0 saturated carbocycles. The molecule has 2 amide bonds.